The lowest BCUT2D eigenvalue weighted by atomic mass is 10.0. The van der Waals surface area contributed by atoms with Crippen molar-refractivity contribution in [2.45, 2.75) is 32.7 Å². The van der Waals surface area contributed by atoms with Crippen LogP contribution in [0.5, 0.6) is 5.75 Å². The van der Waals surface area contributed by atoms with Crippen LogP contribution in [0.3, 0.4) is 0 Å². The summed E-state index contributed by atoms with van der Waals surface area (Å²) in [6.07, 6.45) is 2.24. The molecule has 0 fully saturated rings. The molecule has 0 saturated carbocycles. The summed E-state index contributed by atoms with van der Waals surface area (Å²) in [5, 5.41) is 3.63. The Bertz CT molecular complexity index is 352. The van der Waals surface area contributed by atoms with Gasteiger partial charge in [0.25, 0.3) is 0 Å². The van der Waals surface area contributed by atoms with E-state index in [0.29, 0.717) is 12.6 Å². The molecule has 3 nitrogen and oxygen atoms in total. The van der Waals surface area contributed by atoms with Gasteiger partial charge >= 0.3 is 0 Å². The number of benzene rings is 1. The van der Waals surface area contributed by atoms with Crippen molar-refractivity contribution in [1.29, 1.82) is 0 Å². The van der Waals surface area contributed by atoms with Gasteiger partial charge in [-0.2, -0.15) is 0 Å². The third-order valence-corrected chi connectivity index (χ3v) is 3.10. The Morgan fingerprint density at radius 3 is 2.58 bits per heavy atom. The summed E-state index contributed by atoms with van der Waals surface area (Å²) < 4.78 is 5.75. The zero-order valence-corrected chi connectivity index (χ0v) is 12.8. The average Bonchev–Trinajstić information content (AvgIpc) is 2.40. The highest BCUT2D eigenvalue weighted by atomic mass is 16.5. The topological polar surface area (TPSA) is 24.5 Å². The lowest BCUT2D eigenvalue weighted by molar-refractivity contribution is 0.321. The third-order valence-electron chi connectivity index (χ3n) is 3.10. The van der Waals surface area contributed by atoms with Crippen LogP contribution in [-0.2, 0) is 0 Å². The monoisotopic (exact) mass is 264 g/mol. The quantitative estimate of drug-likeness (QED) is 0.742. The number of para-hydroxylation sites is 1. The molecule has 0 heterocycles. The summed E-state index contributed by atoms with van der Waals surface area (Å²) in [4.78, 5) is 2.23. The summed E-state index contributed by atoms with van der Waals surface area (Å²) >= 11 is 0. The fraction of sp³-hybridized carbons (Fsp3) is 0.625. The van der Waals surface area contributed by atoms with Gasteiger partial charge < -0.3 is 15.0 Å². The third kappa shape index (κ3) is 5.62. The van der Waals surface area contributed by atoms with E-state index in [1.54, 1.807) is 0 Å². The number of nitrogens with zero attached hydrogens (tertiary/aromatic N) is 1. The first kappa shape index (κ1) is 16.0. The van der Waals surface area contributed by atoms with Crippen molar-refractivity contribution in [2.75, 3.05) is 33.8 Å². The molecule has 1 atom stereocenters. The van der Waals surface area contributed by atoms with E-state index in [-0.39, 0.29) is 0 Å². The number of rotatable bonds is 9. The highest BCUT2D eigenvalue weighted by Crippen LogP contribution is 2.27. The highest BCUT2D eigenvalue weighted by molar-refractivity contribution is 5.36. The van der Waals surface area contributed by atoms with E-state index in [2.05, 4.69) is 49.4 Å². The molecule has 0 aliphatic rings. The second-order valence-corrected chi connectivity index (χ2v) is 5.07. The van der Waals surface area contributed by atoms with Crippen molar-refractivity contribution < 1.29 is 4.74 Å². The number of hydrogen-bond donors (Lipinski definition) is 1. The lowest BCUT2D eigenvalue weighted by Crippen LogP contribution is -2.26. The summed E-state index contributed by atoms with van der Waals surface area (Å²) in [5.41, 5.74) is 1.28. The first-order valence-electron chi connectivity index (χ1n) is 7.28. The van der Waals surface area contributed by atoms with Crippen molar-refractivity contribution in [3.05, 3.63) is 29.8 Å². The Kier molecular flexibility index (Phi) is 7.53. The number of ether oxygens (including phenoxy) is 1. The minimum absolute atomic E-state index is 0.366. The molecular formula is C16H28N2O. The van der Waals surface area contributed by atoms with Crippen LogP contribution in [0.15, 0.2) is 24.3 Å². The van der Waals surface area contributed by atoms with Crippen LogP contribution in [-0.4, -0.2) is 38.7 Å². The molecule has 0 aliphatic heterocycles. The van der Waals surface area contributed by atoms with Gasteiger partial charge in [0.05, 0.1) is 6.61 Å². The van der Waals surface area contributed by atoms with Crippen LogP contribution in [0.2, 0.25) is 0 Å². The second kappa shape index (κ2) is 8.94. The molecule has 108 valence electrons. The number of nitrogens with one attached hydrogen (secondary N) is 1. The zero-order valence-electron chi connectivity index (χ0n) is 12.8. The fourth-order valence-corrected chi connectivity index (χ4v) is 2.13. The molecule has 19 heavy (non-hydrogen) atoms. The van der Waals surface area contributed by atoms with E-state index in [1.807, 2.05) is 13.0 Å². The summed E-state index contributed by atoms with van der Waals surface area (Å²) in [6.45, 7) is 7.06. The Morgan fingerprint density at radius 2 is 1.95 bits per heavy atom. The summed E-state index contributed by atoms with van der Waals surface area (Å²) in [5.74, 6) is 1.01. The first-order valence-corrected chi connectivity index (χ1v) is 7.28. The molecule has 1 N–H and O–H groups in total. The van der Waals surface area contributed by atoms with Crippen molar-refractivity contribution in [3.63, 3.8) is 0 Å². The molecule has 0 saturated heterocycles. The van der Waals surface area contributed by atoms with E-state index < -0.39 is 0 Å². The van der Waals surface area contributed by atoms with Crippen LogP contribution in [0.25, 0.3) is 0 Å². The van der Waals surface area contributed by atoms with Gasteiger partial charge in [-0.3, -0.25) is 0 Å². The minimum Gasteiger partial charge on any atom is -0.494 e. The smallest absolute Gasteiger partial charge is 0.124 e. The summed E-state index contributed by atoms with van der Waals surface area (Å²) in [6, 6.07) is 8.74. The van der Waals surface area contributed by atoms with E-state index >= 15 is 0 Å². The maximum Gasteiger partial charge on any atom is 0.124 e. The molecule has 0 spiro atoms. The second-order valence-electron chi connectivity index (χ2n) is 5.07. The minimum atomic E-state index is 0.366. The molecule has 0 aromatic heterocycles. The Balaban J connectivity index is 2.82. The molecule has 0 aliphatic carbocycles. The standard InChI is InChI=1S/C16H28N2O/c1-5-12-17-15(11-13-18(3)4)14-9-7-8-10-16(14)19-6-2/h7-10,15,17H,5-6,11-13H2,1-4H3. The lowest BCUT2D eigenvalue weighted by Gasteiger charge is -2.23. The molecule has 0 amide bonds. The Hall–Kier alpha value is -1.06. The van der Waals surface area contributed by atoms with E-state index in [4.69, 9.17) is 4.74 Å². The van der Waals surface area contributed by atoms with E-state index in [1.165, 1.54) is 5.56 Å². The van der Waals surface area contributed by atoms with Crippen LogP contribution in [0.4, 0.5) is 0 Å². The predicted molar refractivity (Wildman–Crippen MR) is 81.8 cm³/mol. The molecular weight excluding hydrogens is 236 g/mol. The Morgan fingerprint density at radius 1 is 1.21 bits per heavy atom. The van der Waals surface area contributed by atoms with Crippen LogP contribution in [0.1, 0.15) is 38.3 Å². The van der Waals surface area contributed by atoms with Crippen molar-refractivity contribution in [1.82, 2.24) is 10.2 Å². The van der Waals surface area contributed by atoms with Crippen molar-refractivity contribution >= 4 is 0 Å². The van der Waals surface area contributed by atoms with Gasteiger partial charge in [0.1, 0.15) is 5.75 Å². The molecule has 0 radical (unpaired) electrons. The predicted octanol–water partition coefficient (Wildman–Crippen LogP) is 3.08. The maximum absolute atomic E-state index is 5.75. The number of hydrogen-bond acceptors (Lipinski definition) is 3. The molecule has 1 rings (SSSR count). The molecule has 3 heteroatoms. The van der Waals surface area contributed by atoms with Gasteiger partial charge in [0, 0.05) is 11.6 Å². The van der Waals surface area contributed by atoms with Gasteiger partial charge in [0.2, 0.25) is 0 Å². The molecule has 1 unspecified atom stereocenters. The van der Waals surface area contributed by atoms with Crippen molar-refractivity contribution in [3.8, 4) is 5.75 Å². The van der Waals surface area contributed by atoms with Crippen LogP contribution in [0, 0.1) is 0 Å². The van der Waals surface area contributed by atoms with Crippen LogP contribution < -0.4 is 10.1 Å². The van der Waals surface area contributed by atoms with Gasteiger partial charge in [-0.1, -0.05) is 25.1 Å². The van der Waals surface area contributed by atoms with E-state index in [0.717, 1.165) is 31.7 Å². The largest absolute Gasteiger partial charge is 0.494 e. The molecule has 1 aromatic rings. The van der Waals surface area contributed by atoms with E-state index in [9.17, 15) is 0 Å². The van der Waals surface area contributed by atoms with Gasteiger partial charge in [-0.25, -0.2) is 0 Å². The maximum atomic E-state index is 5.75. The zero-order chi connectivity index (χ0) is 14.1. The van der Waals surface area contributed by atoms with Gasteiger partial charge in [0.15, 0.2) is 0 Å². The highest BCUT2D eigenvalue weighted by Gasteiger charge is 2.15. The first-order chi connectivity index (χ1) is 9.19. The van der Waals surface area contributed by atoms with Crippen molar-refractivity contribution in [2.24, 2.45) is 0 Å². The molecule has 1 aromatic carbocycles. The van der Waals surface area contributed by atoms with Gasteiger partial charge in [-0.15, -0.1) is 0 Å². The summed E-state index contributed by atoms with van der Waals surface area (Å²) in [7, 11) is 4.23. The fourth-order valence-electron chi connectivity index (χ4n) is 2.13. The average molecular weight is 264 g/mol. The molecule has 0 bridgehead atoms. The Labute approximate surface area is 118 Å². The van der Waals surface area contributed by atoms with Crippen LogP contribution >= 0.6 is 0 Å². The van der Waals surface area contributed by atoms with Gasteiger partial charge in [-0.05, 0) is 53.0 Å². The SMILES string of the molecule is CCCNC(CCN(C)C)c1ccccc1OCC. The normalized spacial score (nSPS) is 12.7.